The fraction of sp³-hybridized carbons (Fsp3) is 0.409. The number of rotatable bonds is 5. The molecule has 1 aliphatic rings. The third kappa shape index (κ3) is 5.10. The minimum absolute atomic E-state index is 0.00470. The molecule has 138 valence electrons. The molecule has 0 unspecified atom stereocenters. The average Bonchev–Trinajstić information content (AvgIpc) is 2.62. The van der Waals surface area contributed by atoms with Crippen molar-refractivity contribution in [3.8, 4) is 0 Å². The molecular weight excluding hydrogens is 388 g/mol. The van der Waals surface area contributed by atoms with E-state index in [1.165, 1.54) is 18.5 Å². The average molecular weight is 415 g/mol. The molecule has 0 aromatic heterocycles. The number of anilines is 1. The van der Waals surface area contributed by atoms with Crippen LogP contribution in [0.25, 0.3) is 0 Å². The van der Waals surface area contributed by atoms with Crippen molar-refractivity contribution in [2.24, 2.45) is 5.92 Å². The highest BCUT2D eigenvalue weighted by Gasteiger charge is 2.16. The van der Waals surface area contributed by atoms with Crippen LogP contribution >= 0.6 is 15.9 Å². The van der Waals surface area contributed by atoms with Crippen LogP contribution in [0.1, 0.15) is 43.9 Å². The standard InChI is InChI=1S/C22H27BrN2O/c1-16-10-12-25(13-11-16)21-8-6-19(7-9-21)17(2)24-22(26)15-18-4-3-5-20(23)14-18/h3-9,14,16-17H,10-13,15H2,1-2H3,(H,24,26)/t17-/m1/s1. The van der Waals surface area contributed by atoms with Crippen LogP contribution in [0.4, 0.5) is 5.69 Å². The lowest BCUT2D eigenvalue weighted by Crippen LogP contribution is -2.32. The number of carbonyl (C=O) groups is 1. The Kier molecular flexibility index (Phi) is 6.36. The number of carbonyl (C=O) groups excluding carboxylic acids is 1. The molecule has 26 heavy (non-hydrogen) atoms. The Hall–Kier alpha value is -1.81. The van der Waals surface area contributed by atoms with Gasteiger partial charge in [-0.25, -0.2) is 0 Å². The molecule has 1 N–H and O–H groups in total. The number of halogens is 1. The van der Waals surface area contributed by atoms with Crippen LogP contribution in [0.15, 0.2) is 53.0 Å². The molecule has 0 spiro atoms. The fourth-order valence-corrected chi connectivity index (χ4v) is 3.90. The van der Waals surface area contributed by atoms with Crippen LogP contribution in [-0.4, -0.2) is 19.0 Å². The van der Waals surface area contributed by atoms with Crippen molar-refractivity contribution in [3.63, 3.8) is 0 Å². The van der Waals surface area contributed by atoms with Crippen LogP contribution in [0.5, 0.6) is 0 Å². The minimum Gasteiger partial charge on any atom is -0.372 e. The summed E-state index contributed by atoms with van der Waals surface area (Å²) in [5.74, 6) is 0.885. The summed E-state index contributed by atoms with van der Waals surface area (Å²) in [4.78, 5) is 14.8. The summed E-state index contributed by atoms with van der Waals surface area (Å²) >= 11 is 3.45. The van der Waals surface area contributed by atoms with Gasteiger partial charge < -0.3 is 10.2 Å². The van der Waals surface area contributed by atoms with E-state index in [1.807, 2.05) is 31.2 Å². The predicted molar refractivity (Wildman–Crippen MR) is 111 cm³/mol. The zero-order chi connectivity index (χ0) is 18.5. The van der Waals surface area contributed by atoms with E-state index in [4.69, 9.17) is 0 Å². The molecule has 1 amide bonds. The minimum atomic E-state index is 0.00470. The largest absolute Gasteiger partial charge is 0.372 e. The van der Waals surface area contributed by atoms with Crippen LogP contribution in [0.2, 0.25) is 0 Å². The molecule has 0 aliphatic carbocycles. The van der Waals surface area contributed by atoms with Gasteiger partial charge in [-0.2, -0.15) is 0 Å². The van der Waals surface area contributed by atoms with Crippen molar-refractivity contribution >= 4 is 27.5 Å². The van der Waals surface area contributed by atoms with E-state index in [0.29, 0.717) is 6.42 Å². The summed E-state index contributed by atoms with van der Waals surface area (Å²) in [6, 6.07) is 16.5. The van der Waals surface area contributed by atoms with Crippen molar-refractivity contribution in [2.45, 2.75) is 39.2 Å². The summed E-state index contributed by atoms with van der Waals surface area (Å²) in [6.45, 7) is 6.65. The van der Waals surface area contributed by atoms with E-state index in [2.05, 4.69) is 57.3 Å². The summed E-state index contributed by atoms with van der Waals surface area (Å²) in [6.07, 6.45) is 2.93. The maximum absolute atomic E-state index is 12.3. The summed E-state index contributed by atoms with van der Waals surface area (Å²) in [7, 11) is 0. The van der Waals surface area contributed by atoms with E-state index in [-0.39, 0.29) is 11.9 Å². The molecule has 3 rings (SSSR count). The van der Waals surface area contributed by atoms with Crippen LogP contribution < -0.4 is 10.2 Å². The second-order valence-electron chi connectivity index (χ2n) is 7.36. The Morgan fingerprint density at radius 2 is 1.88 bits per heavy atom. The number of hydrogen-bond donors (Lipinski definition) is 1. The first-order valence-electron chi connectivity index (χ1n) is 9.40. The highest BCUT2D eigenvalue weighted by atomic mass is 79.9. The maximum Gasteiger partial charge on any atom is 0.224 e. The molecule has 1 saturated heterocycles. The maximum atomic E-state index is 12.3. The lowest BCUT2D eigenvalue weighted by atomic mass is 9.98. The van der Waals surface area contributed by atoms with Crippen LogP contribution in [0.3, 0.4) is 0 Å². The number of nitrogens with one attached hydrogen (secondary N) is 1. The van der Waals surface area contributed by atoms with E-state index in [1.54, 1.807) is 0 Å². The number of nitrogens with zero attached hydrogens (tertiary/aromatic N) is 1. The Balaban J connectivity index is 1.56. The first kappa shape index (κ1) is 19.0. The molecule has 2 aromatic carbocycles. The molecule has 3 nitrogen and oxygen atoms in total. The normalized spacial score (nSPS) is 16.3. The third-order valence-electron chi connectivity index (χ3n) is 5.17. The van der Waals surface area contributed by atoms with E-state index < -0.39 is 0 Å². The van der Waals surface area contributed by atoms with Gasteiger partial charge in [0.25, 0.3) is 0 Å². The fourth-order valence-electron chi connectivity index (χ4n) is 3.45. The second-order valence-corrected chi connectivity index (χ2v) is 8.27. The Labute approximate surface area is 164 Å². The van der Waals surface area contributed by atoms with Crippen molar-refractivity contribution in [2.75, 3.05) is 18.0 Å². The number of benzene rings is 2. The lowest BCUT2D eigenvalue weighted by Gasteiger charge is -2.32. The molecule has 1 aliphatic heterocycles. The van der Waals surface area contributed by atoms with Crippen molar-refractivity contribution in [1.29, 1.82) is 0 Å². The quantitative estimate of drug-likeness (QED) is 0.737. The Morgan fingerprint density at radius 1 is 1.19 bits per heavy atom. The SMILES string of the molecule is CC1CCN(c2ccc([C@@H](C)NC(=O)Cc3cccc(Br)c3)cc2)CC1. The Morgan fingerprint density at radius 3 is 2.54 bits per heavy atom. The van der Waals surface area contributed by atoms with Crippen LogP contribution in [-0.2, 0) is 11.2 Å². The van der Waals surface area contributed by atoms with Gasteiger partial charge in [0.15, 0.2) is 0 Å². The van der Waals surface area contributed by atoms with Crippen molar-refractivity contribution in [1.82, 2.24) is 5.32 Å². The van der Waals surface area contributed by atoms with Crippen molar-refractivity contribution in [3.05, 3.63) is 64.1 Å². The molecule has 0 bridgehead atoms. The van der Waals surface area contributed by atoms with E-state index >= 15 is 0 Å². The molecule has 1 heterocycles. The summed E-state index contributed by atoms with van der Waals surface area (Å²) in [5, 5.41) is 3.10. The van der Waals surface area contributed by atoms with Gasteiger partial charge >= 0.3 is 0 Å². The van der Waals surface area contributed by atoms with Gasteiger partial charge in [-0.05, 0) is 61.1 Å². The summed E-state index contributed by atoms with van der Waals surface area (Å²) in [5.41, 5.74) is 3.44. The molecule has 4 heteroatoms. The summed E-state index contributed by atoms with van der Waals surface area (Å²) < 4.78 is 0.999. The van der Waals surface area contributed by atoms with Gasteiger partial charge in [0.05, 0.1) is 12.5 Å². The molecule has 1 atom stereocenters. The van der Waals surface area contributed by atoms with Gasteiger partial charge in [0.2, 0.25) is 5.91 Å². The molecule has 1 fully saturated rings. The van der Waals surface area contributed by atoms with Gasteiger partial charge in [0.1, 0.15) is 0 Å². The zero-order valence-corrected chi connectivity index (χ0v) is 17.1. The van der Waals surface area contributed by atoms with Gasteiger partial charge in [0, 0.05) is 23.2 Å². The number of hydrogen-bond acceptors (Lipinski definition) is 2. The molecule has 0 saturated carbocycles. The van der Waals surface area contributed by atoms with E-state index in [0.717, 1.165) is 34.6 Å². The monoisotopic (exact) mass is 414 g/mol. The Bertz CT molecular complexity index is 736. The zero-order valence-electron chi connectivity index (χ0n) is 15.5. The predicted octanol–water partition coefficient (Wildman–Crippen LogP) is 5.11. The van der Waals surface area contributed by atoms with Crippen molar-refractivity contribution < 1.29 is 4.79 Å². The molecule has 0 radical (unpaired) electrons. The van der Waals surface area contributed by atoms with Gasteiger partial charge in [-0.1, -0.05) is 47.1 Å². The van der Waals surface area contributed by atoms with E-state index in [9.17, 15) is 4.79 Å². The second kappa shape index (κ2) is 8.72. The lowest BCUT2D eigenvalue weighted by molar-refractivity contribution is -0.121. The highest BCUT2D eigenvalue weighted by Crippen LogP contribution is 2.24. The first-order valence-corrected chi connectivity index (χ1v) is 10.2. The highest BCUT2D eigenvalue weighted by molar-refractivity contribution is 9.10. The van der Waals surface area contributed by atoms with Gasteiger partial charge in [-0.3, -0.25) is 4.79 Å². The third-order valence-corrected chi connectivity index (χ3v) is 5.67. The van der Waals surface area contributed by atoms with Crippen LogP contribution in [0, 0.1) is 5.92 Å². The van der Waals surface area contributed by atoms with Gasteiger partial charge in [-0.15, -0.1) is 0 Å². The number of piperidine rings is 1. The molecular formula is C22H27BrN2O. The smallest absolute Gasteiger partial charge is 0.224 e. The first-order chi connectivity index (χ1) is 12.5. The topological polar surface area (TPSA) is 32.3 Å². The number of amides is 1. The molecule has 2 aromatic rings.